The van der Waals surface area contributed by atoms with Crippen LogP contribution in [0.1, 0.15) is 13.3 Å². The Bertz CT molecular complexity index is 473. The van der Waals surface area contributed by atoms with E-state index in [1.165, 1.54) is 17.0 Å². The number of rotatable bonds is 3. The summed E-state index contributed by atoms with van der Waals surface area (Å²) in [4.78, 5) is 23.6. The van der Waals surface area contributed by atoms with E-state index in [-0.39, 0.29) is 17.5 Å². The van der Waals surface area contributed by atoms with Crippen LogP contribution in [-0.2, 0) is 4.79 Å². The zero-order valence-electron chi connectivity index (χ0n) is 9.79. The Hall–Kier alpha value is -1.91. The Morgan fingerprint density at radius 3 is 2.71 bits per heavy atom. The van der Waals surface area contributed by atoms with Gasteiger partial charge in [0.1, 0.15) is 0 Å². The molecule has 0 saturated heterocycles. The minimum absolute atomic E-state index is 0.00555. The van der Waals surface area contributed by atoms with E-state index >= 15 is 0 Å². The van der Waals surface area contributed by atoms with Crippen LogP contribution < -0.4 is 4.90 Å². The summed E-state index contributed by atoms with van der Waals surface area (Å²) in [6.45, 7) is 2.03. The van der Waals surface area contributed by atoms with Crippen LogP contribution in [0.4, 0.5) is 11.4 Å². The molecular weight excluding hydrogens is 220 g/mol. The van der Waals surface area contributed by atoms with E-state index in [0.29, 0.717) is 11.6 Å². The highest BCUT2D eigenvalue weighted by atomic mass is 16.6. The molecule has 90 valence electrons. The molecule has 0 unspecified atom stereocenters. The summed E-state index contributed by atoms with van der Waals surface area (Å²) in [5.41, 5.74) is 0.578. The van der Waals surface area contributed by atoms with Crippen molar-refractivity contribution in [3.8, 4) is 0 Å². The quantitative estimate of drug-likeness (QED) is 0.595. The predicted octanol–water partition coefficient (Wildman–Crippen LogP) is 2.21. The first-order valence-electron chi connectivity index (χ1n) is 5.52. The van der Waals surface area contributed by atoms with Crippen molar-refractivity contribution < 1.29 is 9.72 Å². The summed E-state index contributed by atoms with van der Waals surface area (Å²) in [7, 11) is 1.66. The third kappa shape index (κ3) is 2.27. The van der Waals surface area contributed by atoms with Gasteiger partial charge < -0.3 is 4.90 Å². The number of hydrogen-bond acceptors (Lipinski definition) is 3. The molecule has 2 atom stereocenters. The van der Waals surface area contributed by atoms with Crippen LogP contribution in [0.2, 0.25) is 0 Å². The molecule has 1 saturated carbocycles. The summed E-state index contributed by atoms with van der Waals surface area (Å²) in [5, 5.41) is 10.6. The van der Waals surface area contributed by atoms with Gasteiger partial charge in [-0.15, -0.1) is 0 Å². The van der Waals surface area contributed by atoms with Crippen LogP contribution in [0.25, 0.3) is 0 Å². The lowest BCUT2D eigenvalue weighted by atomic mass is 10.2. The Morgan fingerprint density at radius 1 is 1.53 bits per heavy atom. The largest absolute Gasteiger partial charge is 0.315 e. The highest BCUT2D eigenvalue weighted by Gasteiger charge is 2.41. The molecular formula is C12H14N2O3. The van der Waals surface area contributed by atoms with Gasteiger partial charge in [0.2, 0.25) is 5.91 Å². The molecule has 5 heteroatoms. The number of carbonyl (C=O) groups is 1. The van der Waals surface area contributed by atoms with Gasteiger partial charge in [-0.2, -0.15) is 0 Å². The standard InChI is InChI=1S/C12H14N2O3/c1-8-6-11(8)12(15)13(2)9-4-3-5-10(7-9)14(16)17/h3-5,7-8,11H,6H2,1-2H3/t8-,11+/m0/s1. The predicted molar refractivity (Wildman–Crippen MR) is 63.8 cm³/mol. The zero-order chi connectivity index (χ0) is 12.6. The molecule has 1 amide bonds. The number of nitro groups is 1. The highest BCUT2D eigenvalue weighted by molar-refractivity contribution is 5.96. The van der Waals surface area contributed by atoms with Gasteiger partial charge in [-0.25, -0.2) is 0 Å². The van der Waals surface area contributed by atoms with E-state index in [2.05, 4.69) is 0 Å². The minimum atomic E-state index is -0.457. The Labute approximate surface area is 99.2 Å². The minimum Gasteiger partial charge on any atom is -0.315 e. The molecule has 0 aromatic heterocycles. The fourth-order valence-electron chi connectivity index (χ4n) is 1.86. The van der Waals surface area contributed by atoms with Crippen LogP contribution in [-0.4, -0.2) is 17.9 Å². The second-order valence-electron chi connectivity index (χ2n) is 4.49. The maximum atomic E-state index is 12.0. The van der Waals surface area contributed by atoms with Gasteiger partial charge in [-0.05, 0) is 18.4 Å². The number of hydrogen-bond donors (Lipinski definition) is 0. The molecule has 2 rings (SSSR count). The molecule has 0 spiro atoms. The van der Waals surface area contributed by atoms with Crippen LogP contribution >= 0.6 is 0 Å². The van der Waals surface area contributed by atoms with E-state index in [4.69, 9.17) is 0 Å². The maximum Gasteiger partial charge on any atom is 0.271 e. The van der Waals surface area contributed by atoms with Gasteiger partial charge in [0, 0.05) is 25.1 Å². The van der Waals surface area contributed by atoms with E-state index in [0.717, 1.165) is 6.42 Å². The zero-order valence-corrected chi connectivity index (χ0v) is 9.79. The number of benzene rings is 1. The first-order valence-corrected chi connectivity index (χ1v) is 5.52. The third-order valence-electron chi connectivity index (χ3n) is 3.19. The molecule has 17 heavy (non-hydrogen) atoms. The van der Waals surface area contributed by atoms with Crippen molar-refractivity contribution in [2.24, 2.45) is 11.8 Å². The van der Waals surface area contributed by atoms with Crippen molar-refractivity contribution in [3.05, 3.63) is 34.4 Å². The molecule has 0 heterocycles. The second kappa shape index (κ2) is 4.16. The smallest absolute Gasteiger partial charge is 0.271 e. The number of carbonyl (C=O) groups excluding carboxylic acids is 1. The molecule has 1 aromatic carbocycles. The monoisotopic (exact) mass is 234 g/mol. The Kier molecular flexibility index (Phi) is 2.83. The van der Waals surface area contributed by atoms with E-state index < -0.39 is 4.92 Å². The summed E-state index contributed by atoms with van der Waals surface area (Å²) in [6, 6.07) is 6.14. The van der Waals surface area contributed by atoms with Gasteiger partial charge in [-0.3, -0.25) is 14.9 Å². The first kappa shape index (κ1) is 11.6. The average Bonchev–Trinajstić information content (AvgIpc) is 3.04. The molecule has 1 fully saturated rings. The van der Waals surface area contributed by atoms with Crippen molar-refractivity contribution in [1.82, 2.24) is 0 Å². The number of nitro benzene ring substituents is 1. The van der Waals surface area contributed by atoms with E-state index in [9.17, 15) is 14.9 Å². The van der Waals surface area contributed by atoms with E-state index in [1.54, 1.807) is 19.2 Å². The molecule has 1 aliphatic rings. The van der Waals surface area contributed by atoms with Crippen molar-refractivity contribution >= 4 is 17.3 Å². The highest BCUT2D eigenvalue weighted by Crippen LogP contribution is 2.39. The molecule has 0 radical (unpaired) electrons. The normalized spacial score (nSPS) is 22.0. The van der Waals surface area contributed by atoms with Gasteiger partial charge in [0.05, 0.1) is 10.6 Å². The first-order chi connectivity index (χ1) is 8.00. The van der Waals surface area contributed by atoms with Crippen molar-refractivity contribution in [2.75, 3.05) is 11.9 Å². The van der Waals surface area contributed by atoms with Crippen molar-refractivity contribution in [3.63, 3.8) is 0 Å². The second-order valence-corrected chi connectivity index (χ2v) is 4.49. The number of amides is 1. The Balaban J connectivity index is 2.18. The van der Waals surface area contributed by atoms with Crippen molar-refractivity contribution in [1.29, 1.82) is 0 Å². The lowest BCUT2D eigenvalue weighted by Crippen LogP contribution is -2.28. The van der Waals surface area contributed by atoms with Crippen LogP contribution in [0.15, 0.2) is 24.3 Å². The van der Waals surface area contributed by atoms with Crippen LogP contribution in [0.5, 0.6) is 0 Å². The topological polar surface area (TPSA) is 63.5 Å². The summed E-state index contributed by atoms with van der Waals surface area (Å²) < 4.78 is 0. The summed E-state index contributed by atoms with van der Waals surface area (Å²) in [6.07, 6.45) is 0.915. The maximum absolute atomic E-state index is 12.0. The van der Waals surface area contributed by atoms with Gasteiger partial charge in [0.15, 0.2) is 0 Å². The number of non-ortho nitro benzene ring substituents is 1. The molecule has 0 aliphatic heterocycles. The van der Waals surface area contributed by atoms with Crippen molar-refractivity contribution in [2.45, 2.75) is 13.3 Å². The number of anilines is 1. The van der Waals surface area contributed by atoms with E-state index in [1.807, 2.05) is 6.92 Å². The molecule has 1 aliphatic carbocycles. The van der Waals surface area contributed by atoms with Crippen LogP contribution in [0, 0.1) is 22.0 Å². The summed E-state index contributed by atoms with van der Waals surface area (Å²) in [5.74, 6) is 0.556. The lowest BCUT2D eigenvalue weighted by Gasteiger charge is -2.16. The SMILES string of the molecule is C[C@H]1C[C@H]1C(=O)N(C)c1cccc([N+](=O)[O-])c1. The molecule has 0 N–H and O–H groups in total. The average molecular weight is 234 g/mol. The third-order valence-corrected chi connectivity index (χ3v) is 3.19. The van der Waals surface area contributed by atoms with Crippen LogP contribution in [0.3, 0.4) is 0 Å². The fourth-order valence-corrected chi connectivity index (χ4v) is 1.86. The van der Waals surface area contributed by atoms with Gasteiger partial charge in [-0.1, -0.05) is 13.0 Å². The van der Waals surface area contributed by atoms with Gasteiger partial charge >= 0.3 is 0 Å². The fraction of sp³-hybridized carbons (Fsp3) is 0.417. The molecule has 1 aromatic rings. The number of nitrogens with zero attached hydrogens (tertiary/aromatic N) is 2. The lowest BCUT2D eigenvalue weighted by molar-refractivity contribution is -0.384. The van der Waals surface area contributed by atoms with Gasteiger partial charge in [0.25, 0.3) is 5.69 Å². The molecule has 5 nitrogen and oxygen atoms in total. The molecule has 0 bridgehead atoms. The summed E-state index contributed by atoms with van der Waals surface area (Å²) >= 11 is 0. The Morgan fingerprint density at radius 2 is 2.18 bits per heavy atom.